The maximum Gasteiger partial charge on any atom is 0.128 e. The monoisotopic (exact) mass is 237 g/mol. The van der Waals surface area contributed by atoms with Crippen molar-refractivity contribution in [1.29, 1.82) is 0 Å². The van der Waals surface area contributed by atoms with E-state index in [0.29, 0.717) is 5.56 Å². The summed E-state index contributed by atoms with van der Waals surface area (Å²) in [6, 6.07) is 6.06. The molecule has 1 unspecified atom stereocenters. The average molecular weight is 237 g/mol. The highest BCUT2D eigenvalue weighted by Gasteiger charge is 2.18. The lowest BCUT2D eigenvalue weighted by Crippen LogP contribution is -2.13. The predicted molar refractivity (Wildman–Crippen MR) is 61.7 cm³/mol. The first-order chi connectivity index (χ1) is 7.74. The van der Waals surface area contributed by atoms with Gasteiger partial charge in [-0.25, -0.2) is 4.39 Å². The molecule has 0 saturated heterocycles. The van der Waals surface area contributed by atoms with E-state index < -0.39 is 6.04 Å². The van der Waals surface area contributed by atoms with E-state index in [1.54, 1.807) is 18.2 Å². The molecule has 0 amide bonds. The van der Waals surface area contributed by atoms with E-state index in [-0.39, 0.29) is 5.82 Å². The van der Waals surface area contributed by atoms with Crippen LogP contribution in [0.1, 0.15) is 29.1 Å². The third kappa shape index (κ3) is 1.96. The zero-order valence-electron chi connectivity index (χ0n) is 8.85. The largest absolute Gasteiger partial charge is 0.319 e. The molecule has 16 heavy (non-hydrogen) atoms. The first kappa shape index (κ1) is 11.2. The van der Waals surface area contributed by atoms with Crippen molar-refractivity contribution in [2.45, 2.75) is 19.4 Å². The summed E-state index contributed by atoms with van der Waals surface area (Å²) < 4.78 is 17.4. The van der Waals surface area contributed by atoms with Gasteiger partial charge >= 0.3 is 0 Å². The SMILES string of the molecule is CCc1nnsc1C(N)c1ccccc1F. The van der Waals surface area contributed by atoms with Crippen LogP contribution in [-0.2, 0) is 6.42 Å². The third-order valence-corrected chi connectivity index (χ3v) is 3.29. The van der Waals surface area contributed by atoms with Gasteiger partial charge in [0.2, 0.25) is 0 Å². The highest BCUT2D eigenvalue weighted by molar-refractivity contribution is 7.05. The molecule has 2 rings (SSSR count). The molecule has 84 valence electrons. The van der Waals surface area contributed by atoms with Crippen molar-refractivity contribution in [3.8, 4) is 0 Å². The van der Waals surface area contributed by atoms with Gasteiger partial charge in [0.15, 0.2) is 0 Å². The normalized spacial score (nSPS) is 12.7. The third-order valence-electron chi connectivity index (χ3n) is 2.44. The van der Waals surface area contributed by atoms with Crippen molar-refractivity contribution >= 4 is 11.5 Å². The summed E-state index contributed by atoms with van der Waals surface area (Å²) in [4.78, 5) is 0.840. The van der Waals surface area contributed by atoms with Crippen LogP contribution in [0.15, 0.2) is 24.3 Å². The second-order valence-electron chi connectivity index (χ2n) is 3.44. The van der Waals surface area contributed by atoms with Crippen LogP contribution in [-0.4, -0.2) is 9.59 Å². The Morgan fingerprint density at radius 3 is 2.88 bits per heavy atom. The molecule has 0 aliphatic heterocycles. The number of benzene rings is 1. The number of nitrogens with zero attached hydrogens (tertiary/aromatic N) is 2. The molecule has 1 atom stereocenters. The van der Waals surface area contributed by atoms with Crippen molar-refractivity contribution < 1.29 is 4.39 Å². The first-order valence-electron chi connectivity index (χ1n) is 5.05. The van der Waals surface area contributed by atoms with E-state index in [2.05, 4.69) is 9.59 Å². The lowest BCUT2D eigenvalue weighted by atomic mass is 10.0. The van der Waals surface area contributed by atoms with Gasteiger partial charge in [-0.2, -0.15) is 0 Å². The first-order valence-corrected chi connectivity index (χ1v) is 5.82. The van der Waals surface area contributed by atoms with Gasteiger partial charge in [0, 0.05) is 5.56 Å². The van der Waals surface area contributed by atoms with Crippen LogP contribution in [0, 0.1) is 5.82 Å². The summed E-state index contributed by atoms with van der Waals surface area (Å²) in [6.45, 7) is 1.98. The summed E-state index contributed by atoms with van der Waals surface area (Å²) in [5, 5.41) is 3.98. The van der Waals surface area contributed by atoms with E-state index in [9.17, 15) is 4.39 Å². The molecular formula is C11H12FN3S. The Morgan fingerprint density at radius 1 is 1.44 bits per heavy atom. The van der Waals surface area contributed by atoms with Crippen LogP contribution in [0.5, 0.6) is 0 Å². The number of hydrogen-bond acceptors (Lipinski definition) is 4. The molecule has 0 aliphatic rings. The molecular weight excluding hydrogens is 225 g/mol. The van der Waals surface area contributed by atoms with E-state index in [0.717, 1.165) is 17.0 Å². The van der Waals surface area contributed by atoms with Gasteiger partial charge in [0.25, 0.3) is 0 Å². The quantitative estimate of drug-likeness (QED) is 0.891. The highest BCUT2D eigenvalue weighted by atomic mass is 32.1. The van der Waals surface area contributed by atoms with E-state index in [1.807, 2.05) is 6.92 Å². The summed E-state index contributed by atoms with van der Waals surface area (Å²) >= 11 is 1.23. The van der Waals surface area contributed by atoms with Gasteiger partial charge in [-0.3, -0.25) is 0 Å². The molecule has 0 bridgehead atoms. The molecule has 1 heterocycles. The van der Waals surface area contributed by atoms with Crippen LogP contribution < -0.4 is 5.73 Å². The minimum absolute atomic E-state index is 0.287. The molecule has 1 aromatic heterocycles. The highest BCUT2D eigenvalue weighted by Crippen LogP contribution is 2.26. The number of aryl methyl sites for hydroxylation is 1. The summed E-state index contributed by atoms with van der Waals surface area (Å²) in [5.74, 6) is -0.287. The lowest BCUT2D eigenvalue weighted by molar-refractivity contribution is 0.600. The van der Waals surface area contributed by atoms with Crippen LogP contribution in [0.2, 0.25) is 0 Å². The van der Waals surface area contributed by atoms with Crippen LogP contribution in [0.3, 0.4) is 0 Å². The van der Waals surface area contributed by atoms with Crippen molar-refractivity contribution in [3.63, 3.8) is 0 Å². The van der Waals surface area contributed by atoms with Gasteiger partial charge in [-0.1, -0.05) is 29.6 Å². The maximum absolute atomic E-state index is 13.6. The lowest BCUT2D eigenvalue weighted by Gasteiger charge is -2.11. The van der Waals surface area contributed by atoms with Gasteiger partial charge < -0.3 is 5.73 Å². The second kappa shape index (κ2) is 4.67. The molecule has 0 fully saturated rings. The number of halogens is 1. The average Bonchev–Trinajstić information content (AvgIpc) is 2.77. The van der Waals surface area contributed by atoms with Gasteiger partial charge in [-0.05, 0) is 24.0 Å². The van der Waals surface area contributed by atoms with Crippen molar-refractivity contribution in [2.75, 3.05) is 0 Å². The Labute approximate surface area is 97.3 Å². The molecule has 3 nitrogen and oxygen atoms in total. The van der Waals surface area contributed by atoms with Crippen LogP contribution in [0.25, 0.3) is 0 Å². The minimum Gasteiger partial charge on any atom is -0.319 e. The van der Waals surface area contributed by atoms with Crippen molar-refractivity contribution in [1.82, 2.24) is 9.59 Å². The number of aromatic nitrogens is 2. The zero-order valence-corrected chi connectivity index (χ0v) is 9.67. The van der Waals surface area contributed by atoms with Crippen molar-refractivity contribution in [2.24, 2.45) is 5.73 Å². The molecule has 0 radical (unpaired) electrons. The van der Waals surface area contributed by atoms with E-state index in [1.165, 1.54) is 17.6 Å². The molecule has 0 spiro atoms. The zero-order chi connectivity index (χ0) is 11.5. The minimum atomic E-state index is -0.476. The molecule has 2 N–H and O–H groups in total. The summed E-state index contributed by atoms with van der Waals surface area (Å²) in [5.41, 5.74) is 7.37. The smallest absolute Gasteiger partial charge is 0.128 e. The Hall–Kier alpha value is -1.33. The van der Waals surface area contributed by atoms with Gasteiger partial charge in [0.05, 0.1) is 16.6 Å². The molecule has 1 aromatic carbocycles. The summed E-state index contributed by atoms with van der Waals surface area (Å²) in [6.07, 6.45) is 0.758. The fourth-order valence-electron chi connectivity index (χ4n) is 1.57. The van der Waals surface area contributed by atoms with Gasteiger partial charge in [-0.15, -0.1) is 5.10 Å². The van der Waals surface area contributed by atoms with E-state index in [4.69, 9.17) is 5.73 Å². The fourth-order valence-corrected chi connectivity index (χ4v) is 2.32. The molecule has 0 aliphatic carbocycles. The maximum atomic E-state index is 13.6. The van der Waals surface area contributed by atoms with Crippen LogP contribution in [0.4, 0.5) is 4.39 Å². The Kier molecular flexibility index (Phi) is 3.26. The number of hydrogen-bond donors (Lipinski definition) is 1. The number of nitrogens with two attached hydrogens (primary N) is 1. The van der Waals surface area contributed by atoms with Gasteiger partial charge in [0.1, 0.15) is 5.82 Å². The summed E-state index contributed by atoms with van der Waals surface area (Å²) in [7, 11) is 0. The van der Waals surface area contributed by atoms with Crippen molar-refractivity contribution in [3.05, 3.63) is 46.2 Å². The molecule has 2 aromatic rings. The Bertz CT molecular complexity index is 484. The topological polar surface area (TPSA) is 51.8 Å². The fraction of sp³-hybridized carbons (Fsp3) is 0.273. The molecule has 0 saturated carbocycles. The predicted octanol–water partition coefficient (Wildman–Crippen LogP) is 2.29. The molecule has 5 heteroatoms. The standard InChI is InChI=1S/C11H12FN3S/c1-2-9-11(16-15-14-9)10(13)7-5-3-4-6-8(7)12/h3-6,10H,2,13H2,1H3. The van der Waals surface area contributed by atoms with E-state index >= 15 is 0 Å². The Morgan fingerprint density at radius 2 is 2.19 bits per heavy atom. The Balaban J connectivity index is 2.39. The second-order valence-corrected chi connectivity index (χ2v) is 4.22. The number of rotatable bonds is 3. The van der Waals surface area contributed by atoms with Crippen LogP contribution >= 0.6 is 11.5 Å².